The topological polar surface area (TPSA) is 46.1 Å². The van der Waals surface area contributed by atoms with E-state index in [1.807, 2.05) is 36.2 Å². The lowest BCUT2D eigenvalue weighted by atomic mass is 10.1. The van der Waals surface area contributed by atoms with E-state index in [1.54, 1.807) is 7.05 Å². The molecule has 0 saturated carbocycles. The van der Waals surface area contributed by atoms with Gasteiger partial charge in [0.15, 0.2) is 12.8 Å². The molecule has 0 saturated heterocycles. The van der Waals surface area contributed by atoms with Crippen LogP contribution >= 0.6 is 11.6 Å². The lowest BCUT2D eigenvalue weighted by Crippen LogP contribution is -2.39. The molecule has 0 atom stereocenters. The monoisotopic (exact) mass is 391 g/mol. The van der Waals surface area contributed by atoms with Crippen LogP contribution in [-0.2, 0) is 24.3 Å². The minimum Gasteiger partial charge on any atom is -0.467 e. The van der Waals surface area contributed by atoms with Crippen LogP contribution in [0.15, 0.2) is 41.4 Å². The molecular weight excluding hydrogens is 369 g/mol. The van der Waals surface area contributed by atoms with E-state index in [9.17, 15) is 4.39 Å². The van der Waals surface area contributed by atoms with Crippen molar-refractivity contribution in [2.75, 3.05) is 27.4 Å². The number of halogens is 2. The maximum absolute atomic E-state index is 13.8. The molecule has 0 spiro atoms. The number of nitrogens with zero attached hydrogens (tertiary/aromatic N) is 2. The Bertz CT molecular complexity index is 829. The smallest absolute Gasteiger partial charge is 0.193 e. The molecule has 2 aromatic rings. The summed E-state index contributed by atoms with van der Waals surface area (Å²) in [7, 11) is 3.70. The van der Waals surface area contributed by atoms with Crippen LogP contribution < -0.4 is 10.1 Å². The second-order valence-corrected chi connectivity index (χ2v) is 6.81. The van der Waals surface area contributed by atoms with Crippen LogP contribution in [0.1, 0.15) is 16.7 Å². The van der Waals surface area contributed by atoms with Crippen molar-refractivity contribution in [3.05, 3.63) is 63.9 Å². The molecule has 5 nitrogen and oxygen atoms in total. The van der Waals surface area contributed by atoms with Crippen LogP contribution in [0.25, 0.3) is 0 Å². The molecule has 0 aromatic heterocycles. The van der Waals surface area contributed by atoms with Crippen LogP contribution in [0.2, 0.25) is 5.02 Å². The second kappa shape index (κ2) is 9.06. The SMILES string of the molecule is CN=C(NCCc1cc(F)cc2c1OCOC2)N(C)Cc1cccc(Cl)c1. The number of benzene rings is 2. The summed E-state index contributed by atoms with van der Waals surface area (Å²) in [6.07, 6.45) is 0.615. The van der Waals surface area contributed by atoms with Crippen LogP contribution in [0, 0.1) is 5.82 Å². The summed E-state index contributed by atoms with van der Waals surface area (Å²) in [6, 6.07) is 10.7. The van der Waals surface area contributed by atoms with Crippen molar-refractivity contribution >= 4 is 17.6 Å². The van der Waals surface area contributed by atoms with Gasteiger partial charge in [-0.15, -0.1) is 0 Å². The number of hydrogen-bond acceptors (Lipinski definition) is 3. The third kappa shape index (κ3) is 5.11. The first-order valence-electron chi connectivity index (χ1n) is 8.75. The first-order chi connectivity index (χ1) is 13.1. The Hall–Kier alpha value is -2.31. The second-order valence-electron chi connectivity index (χ2n) is 6.37. The van der Waals surface area contributed by atoms with Crippen molar-refractivity contribution in [1.82, 2.24) is 10.2 Å². The van der Waals surface area contributed by atoms with Crippen molar-refractivity contribution in [2.24, 2.45) is 4.99 Å². The molecule has 144 valence electrons. The number of rotatable bonds is 5. The van der Waals surface area contributed by atoms with Crippen molar-refractivity contribution in [2.45, 2.75) is 19.6 Å². The Morgan fingerprint density at radius 3 is 2.96 bits per heavy atom. The predicted molar refractivity (Wildman–Crippen MR) is 105 cm³/mol. The fraction of sp³-hybridized carbons (Fsp3) is 0.350. The van der Waals surface area contributed by atoms with Gasteiger partial charge in [0.2, 0.25) is 0 Å². The zero-order valence-corrected chi connectivity index (χ0v) is 16.2. The molecule has 0 amide bonds. The van der Waals surface area contributed by atoms with Gasteiger partial charge in [-0.1, -0.05) is 23.7 Å². The molecule has 1 aliphatic rings. The maximum atomic E-state index is 13.8. The first kappa shape index (κ1) is 19.5. The fourth-order valence-corrected chi connectivity index (χ4v) is 3.33. The lowest BCUT2D eigenvalue weighted by molar-refractivity contribution is -0.0172. The largest absolute Gasteiger partial charge is 0.467 e. The molecule has 0 aliphatic carbocycles. The zero-order valence-electron chi connectivity index (χ0n) is 15.5. The molecule has 1 N–H and O–H groups in total. The molecule has 3 rings (SSSR count). The fourth-order valence-electron chi connectivity index (χ4n) is 3.12. The Morgan fingerprint density at radius 2 is 2.19 bits per heavy atom. The Labute approximate surface area is 163 Å². The van der Waals surface area contributed by atoms with Crippen molar-refractivity contribution in [1.29, 1.82) is 0 Å². The van der Waals surface area contributed by atoms with E-state index in [0.717, 1.165) is 28.4 Å². The Morgan fingerprint density at radius 1 is 1.33 bits per heavy atom. The molecule has 0 radical (unpaired) electrons. The molecule has 7 heteroatoms. The van der Waals surface area contributed by atoms with E-state index < -0.39 is 0 Å². The average molecular weight is 392 g/mol. The van der Waals surface area contributed by atoms with Gasteiger partial charge >= 0.3 is 0 Å². The van der Waals surface area contributed by atoms with Gasteiger partial charge in [0, 0.05) is 37.8 Å². The highest BCUT2D eigenvalue weighted by Crippen LogP contribution is 2.29. The van der Waals surface area contributed by atoms with E-state index in [1.165, 1.54) is 12.1 Å². The summed E-state index contributed by atoms with van der Waals surface area (Å²) < 4.78 is 24.6. The van der Waals surface area contributed by atoms with Crippen LogP contribution in [0.4, 0.5) is 4.39 Å². The van der Waals surface area contributed by atoms with Gasteiger partial charge in [-0.2, -0.15) is 0 Å². The molecule has 2 aromatic carbocycles. The number of fused-ring (bicyclic) bond motifs is 1. The number of ether oxygens (including phenoxy) is 2. The van der Waals surface area contributed by atoms with Gasteiger partial charge in [-0.25, -0.2) is 4.39 Å². The van der Waals surface area contributed by atoms with Gasteiger partial charge in [0.25, 0.3) is 0 Å². The normalized spacial score (nSPS) is 13.7. The third-order valence-corrected chi connectivity index (χ3v) is 4.55. The van der Waals surface area contributed by atoms with E-state index in [4.69, 9.17) is 21.1 Å². The quantitative estimate of drug-likeness (QED) is 0.625. The highest BCUT2D eigenvalue weighted by atomic mass is 35.5. The number of aliphatic imine (C=N–C) groups is 1. The molecule has 1 aliphatic heterocycles. The summed E-state index contributed by atoms with van der Waals surface area (Å²) >= 11 is 6.05. The van der Waals surface area contributed by atoms with E-state index in [0.29, 0.717) is 31.1 Å². The molecule has 0 bridgehead atoms. The van der Waals surface area contributed by atoms with E-state index >= 15 is 0 Å². The third-order valence-electron chi connectivity index (χ3n) is 4.31. The van der Waals surface area contributed by atoms with Crippen LogP contribution in [0.5, 0.6) is 5.75 Å². The highest BCUT2D eigenvalue weighted by molar-refractivity contribution is 6.30. The van der Waals surface area contributed by atoms with E-state index in [2.05, 4.69) is 10.3 Å². The van der Waals surface area contributed by atoms with Crippen LogP contribution in [0.3, 0.4) is 0 Å². The summed E-state index contributed by atoms with van der Waals surface area (Å²) in [5.74, 6) is 1.21. The van der Waals surface area contributed by atoms with Gasteiger partial charge in [0.05, 0.1) is 6.61 Å². The lowest BCUT2D eigenvalue weighted by Gasteiger charge is -2.23. The molecule has 27 heavy (non-hydrogen) atoms. The Balaban J connectivity index is 1.59. The van der Waals surface area contributed by atoms with Crippen LogP contribution in [-0.4, -0.2) is 38.3 Å². The highest BCUT2D eigenvalue weighted by Gasteiger charge is 2.17. The number of hydrogen-bond donors (Lipinski definition) is 1. The standard InChI is InChI=1S/C20H23ClFN3O2/c1-23-20(25(2)11-14-4-3-5-17(21)8-14)24-7-6-15-9-18(22)10-16-12-26-13-27-19(15)16/h3-5,8-10H,6-7,11-13H2,1-2H3,(H,23,24). The summed E-state index contributed by atoms with van der Waals surface area (Å²) in [6.45, 7) is 1.85. The average Bonchev–Trinajstić information content (AvgIpc) is 2.65. The summed E-state index contributed by atoms with van der Waals surface area (Å²) in [5.41, 5.74) is 2.67. The molecule has 0 unspecified atom stereocenters. The predicted octanol–water partition coefficient (Wildman–Crippen LogP) is 3.60. The van der Waals surface area contributed by atoms with Crippen molar-refractivity contribution in [3.63, 3.8) is 0 Å². The van der Waals surface area contributed by atoms with Gasteiger partial charge < -0.3 is 19.7 Å². The molecule has 1 heterocycles. The first-order valence-corrected chi connectivity index (χ1v) is 9.12. The zero-order chi connectivity index (χ0) is 19.2. The van der Waals surface area contributed by atoms with E-state index in [-0.39, 0.29) is 12.6 Å². The summed E-state index contributed by atoms with van der Waals surface area (Å²) in [4.78, 5) is 6.33. The molecule has 0 fully saturated rings. The number of guanidine groups is 1. The van der Waals surface area contributed by atoms with Gasteiger partial charge in [0.1, 0.15) is 11.6 Å². The minimum absolute atomic E-state index is 0.198. The Kier molecular flexibility index (Phi) is 6.53. The maximum Gasteiger partial charge on any atom is 0.193 e. The van der Waals surface area contributed by atoms with Gasteiger partial charge in [-0.05, 0) is 41.8 Å². The minimum atomic E-state index is -0.277. The van der Waals surface area contributed by atoms with Gasteiger partial charge in [-0.3, -0.25) is 4.99 Å². The summed E-state index contributed by atoms with van der Waals surface area (Å²) in [5, 5.41) is 4.02. The van der Waals surface area contributed by atoms with Crippen molar-refractivity contribution in [3.8, 4) is 5.75 Å². The number of nitrogens with one attached hydrogen (secondary N) is 1. The van der Waals surface area contributed by atoms with Crippen molar-refractivity contribution < 1.29 is 13.9 Å². The molecular formula is C20H23ClFN3O2.